The van der Waals surface area contributed by atoms with Gasteiger partial charge >= 0.3 is 0 Å². The van der Waals surface area contributed by atoms with Crippen LogP contribution < -0.4 is 0 Å². The van der Waals surface area contributed by atoms with Crippen LogP contribution in [0.5, 0.6) is 0 Å². The van der Waals surface area contributed by atoms with Crippen molar-refractivity contribution in [3.8, 4) is 17.2 Å². The summed E-state index contributed by atoms with van der Waals surface area (Å²) in [6, 6.07) is 4.09. The average molecular weight is 189 g/mol. The highest BCUT2D eigenvalue weighted by Gasteiger charge is 2.00. The summed E-state index contributed by atoms with van der Waals surface area (Å²) in [6.07, 6.45) is 3.66. The molecule has 0 fully saturated rings. The quantitative estimate of drug-likeness (QED) is 0.726. The second-order valence-corrected chi connectivity index (χ2v) is 3.38. The van der Waals surface area contributed by atoms with Crippen molar-refractivity contribution in [2.45, 2.75) is 6.54 Å². The van der Waals surface area contributed by atoms with Gasteiger partial charge in [0.25, 0.3) is 0 Å². The third-order valence-electron chi connectivity index (χ3n) is 1.72. The molecule has 0 aliphatic rings. The summed E-state index contributed by atoms with van der Waals surface area (Å²) in [6.45, 7) is 0.310. The first kappa shape index (κ1) is 8.02. The van der Waals surface area contributed by atoms with Gasteiger partial charge in [0, 0.05) is 11.8 Å². The lowest BCUT2D eigenvalue weighted by atomic mass is 10.2. The van der Waals surface area contributed by atoms with E-state index < -0.39 is 0 Å². The Morgan fingerprint density at radius 2 is 2.46 bits per heavy atom. The molecule has 4 heteroatoms. The molecule has 0 N–H and O–H groups in total. The highest BCUT2D eigenvalue weighted by atomic mass is 32.1. The van der Waals surface area contributed by atoms with Crippen LogP contribution in [0.3, 0.4) is 0 Å². The Balaban J connectivity index is 2.29. The number of thiophene rings is 1. The molecule has 0 radical (unpaired) electrons. The standard InChI is InChI=1S/C9H7N3S/c10-2-3-12-6-9(5-11-12)8-1-4-13-7-8/h1,4-7H,3H2. The molecule has 0 aromatic carbocycles. The number of hydrogen-bond acceptors (Lipinski definition) is 3. The maximum atomic E-state index is 8.45. The molecular formula is C9H7N3S. The zero-order valence-electron chi connectivity index (χ0n) is 6.84. The first-order chi connectivity index (χ1) is 6.40. The molecule has 0 atom stereocenters. The Kier molecular flexibility index (Phi) is 2.11. The van der Waals surface area contributed by atoms with Gasteiger partial charge in [0.05, 0.1) is 12.3 Å². The van der Waals surface area contributed by atoms with Crippen molar-refractivity contribution < 1.29 is 0 Å². The van der Waals surface area contributed by atoms with Gasteiger partial charge in [-0.05, 0) is 22.4 Å². The number of hydrogen-bond donors (Lipinski definition) is 0. The number of nitriles is 1. The maximum absolute atomic E-state index is 8.45. The fourth-order valence-electron chi connectivity index (χ4n) is 1.10. The van der Waals surface area contributed by atoms with Crippen molar-refractivity contribution in [2.24, 2.45) is 0 Å². The molecule has 2 heterocycles. The fraction of sp³-hybridized carbons (Fsp3) is 0.111. The first-order valence-corrected chi connectivity index (χ1v) is 4.76. The van der Waals surface area contributed by atoms with E-state index >= 15 is 0 Å². The van der Waals surface area contributed by atoms with E-state index in [1.54, 1.807) is 22.2 Å². The van der Waals surface area contributed by atoms with Crippen molar-refractivity contribution in [1.82, 2.24) is 9.78 Å². The molecule has 2 aromatic heterocycles. The lowest BCUT2D eigenvalue weighted by molar-refractivity contribution is 0.710. The lowest BCUT2D eigenvalue weighted by Crippen LogP contribution is -1.93. The Bertz CT molecular complexity index is 422. The van der Waals surface area contributed by atoms with Crippen molar-refractivity contribution in [3.05, 3.63) is 29.2 Å². The highest BCUT2D eigenvalue weighted by Crippen LogP contribution is 2.20. The topological polar surface area (TPSA) is 41.6 Å². The van der Waals surface area contributed by atoms with Gasteiger partial charge in [-0.25, -0.2) is 0 Å². The molecule has 0 spiro atoms. The van der Waals surface area contributed by atoms with Crippen LogP contribution in [0.1, 0.15) is 0 Å². The van der Waals surface area contributed by atoms with E-state index in [9.17, 15) is 0 Å². The van der Waals surface area contributed by atoms with Crippen molar-refractivity contribution >= 4 is 11.3 Å². The second-order valence-electron chi connectivity index (χ2n) is 2.60. The van der Waals surface area contributed by atoms with Crippen LogP contribution in [0.4, 0.5) is 0 Å². The maximum Gasteiger partial charge on any atom is 0.128 e. The zero-order valence-corrected chi connectivity index (χ0v) is 7.66. The minimum absolute atomic E-state index is 0.310. The highest BCUT2D eigenvalue weighted by molar-refractivity contribution is 7.08. The molecule has 0 saturated heterocycles. The summed E-state index contributed by atoms with van der Waals surface area (Å²) >= 11 is 1.65. The molecule has 2 aromatic rings. The molecule has 0 saturated carbocycles. The van der Waals surface area contributed by atoms with Gasteiger partial charge in [0.15, 0.2) is 0 Å². The van der Waals surface area contributed by atoms with Crippen LogP contribution >= 0.6 is 11.3 Å². The van der Waals surface area contributed by atoms with Gasteiger partial charge in [0.1, 0.15) is 6.54 Å². The SMILES string of the molecule is N#CCn1cc(-c2ccsc2)cn1. The van der Waals surface area contributed by atoms with E-state index in [4.69, 9.17) is 5.26 Å². The molecular weight excluding hydrogens is 182 g/mol. The van der Waals surface area contributed by atoms with Gasteiger partial charge in [0.2, 0.25) is 0 Å². The summed E-state index contributed by atoms with van der Waals surface area (Å²) in [4.78, 5) is 0. The molecule has 64 valence electrons. The fourth-order valence-corrected chi connectivity index (χ4v) is 1.77. The van der Waals surface area contributed by atoms with E-state index in [0.717, 1.165) is 11.1 Å². The molecule has 0 bridgehead atoms. The third-order valence-corrected chi connectivity index (χ3v) is 2.40. The van der Waals surface area contributed by atoms with Crippen LogP contribution in [0, 0.1) is 11.3 Å². The predicted molar refractivity (Wildman–Crippen MR) is 51.2 cm³/mol. The Labute approximate surface area is 79.9 Å². The second kappa shape index (κ2) is 3.42. The van der Waals surface area contributed by atoms with Crippen molar-refractivity contribution in [1.29, 1.82) is 5.26 Å². The smallest absolute Gasteiger partial charge is 0.128 e. The molecule has 0 aliphatic heterocycles. The number of rotatable bonds is 2. The van der Waals surface area contributed by atoms with Crippen LogP contribution in [-0.4, -0.2) is 9.78 Å². The largest absolute Gasteiger partial charge is 0.258 e. The average Bonchev–Trinajstić information content (AvgIpc) is 2.70. The van der Waals surface area contributed by atoms with Crippen LogP contribution in [0.2, 0.25) is 0 Å². The molecule has 0 amide bonds. The minimum atomic E-state index is 0.310. The van der Waals surface area contributed by atoms with E-state index in [1.807, 2.05) is 23.7 Å². The van der Waals surface area contributed by atoms with Crippen molar-refractivity contribution in [2.75, 3.05) is 0 Å². The lowest BCUT2D eigenvalue weighted by Gasteiger charge is -1.89. The Hall–Kier alpha value is -1.60. The van der Waals surface area contributed by atoms with E-state index in [1.165, 1.54) is 0 Å². The summed E-state index contributed by atoms with van der Waals surface area (Å²) in [5, 5.41) is 16.6. The van der Waals surface area contributed by atoms with E-state index in [2.05, 4.69) is 10.5 Å². The third kappa shape index (κ3) is 1.60. The molecule has 13 heavy (non-hydrogen) atoms. The number of aromatic nitrogens is 2. The minimum Gasteiger partial charge on any atom is -0.258 e. The summed E-state index contributed by atoms with van der Waals surface area (Å²) in [5.41, 5.74) is 2.23. The van der Waals surface area contributed by atoms with E-state index in [-0.39, 0.29) is 0 Å². The van der Waals surface area contributed by atoms with Crippen LogP contribution in [0.15, 0.2) is 29.2 Å². The summed E-state index contributed by atoms with van der Waals surface area (Å²) < 4.78 is 1.63. The van der Waals surface area contributed by atoms with Crippen LogP contribution in [-0.2, 0) is 6.54 Å². The first-order valence-electron chi connectivity index (χ1n) is 3.82. The molecule has 0 aliphatic carbocycles. The van der Waals surface area contributed by atoms with Gasteiger partial charge in [-0.1, -0.05) is 0 Å². The Morgan fingerprint density at radius 1 is 1.54 bits per heavy atom. The van der Waals surface area contributed by atoms with Crippen LogP contribution in [0.25, 0.3) is 11.1 Å². The normalized spacial score (nSPS) is 9.77. The predicted octanol–water partition coefficient (Wildman–Crippen LogP) is 2.14. The monoisotopic (exact) mass is 189 g/mol. The van der Waals surface area contributed by atoms with Gasteiger partial charge < -0.3 is 0 Å². The zero-order chi connectivity index (χ0) is 9.10. The summed E-state index contributed by atoms with van der Waals surface area (Å²) in [5.74, 6) is 0. The van der Waals surface area contributed by atoms with E-state index in [0.29, 0.717) is 6.54 Å². The molecule has 0 unspecified atom stereocenters. The Morgan fingerprint density at radius 3 is 3.15 bits per heavy atom. The molecule has 2 rings (SSSR count). The van der Waals surface area contributed by atoms with Gasteiger partial charge in [-0.15, -0.1) is 0 Å². The van der Waals surface area contributed by atoms with Crippen molar-refractivity contribution in [3.63, 3.8) is 0 Å². The van der Waals surface area contributed by atoms with Gasteiger partial charge in [-0.2, -0.15) is 21.7 Å². The molecule has 3 nitrogen and oxygen atoms in total. The van der Waals surface area contributed by atoms with Gasteiger partial charge in [-0.3, -0.25) is 4.68 Å². The number of nitrogens with zero attached hydrogens (tertiary/aromatic N) is 3. The summed E-state index contributed by atoms with van der Waals surface area (Å²) in [7, 11) is 0.